The summed E-state index contributed by atoms with van der Waals surface area (Å²) in [5.41, 5.74) is 1.07. The first-order valence-electron chi connectivity index (χ1n) is 6.64. The van der Waals surface area contributed by atoms with Gasteiger partial charge >= 0.3 is 0 Å². The SMILES string of the molecule is CCNC(CC1CC1)C1C(C)(C)C1(C)C. The van der Waals surface area contributed by atoms with Gasteiger partial charge in [0.05, 0.1) is 0 Å². The molecule has 2 aliphatic carbocycles. The lowest BCUT2D eigenvalue weighted by molar-refractivity contribution is 0.369. The maximum atomic E-state index is 3.73. The molecule has 1 N–H and O–H groups in total. The molecule has 0 aromatic heterocycles. The Morgan fingerprint density at radius 2 is 1.67 bits per heavy atom. The van der Waals surface area contributed by atoms with Gasteiger partial charge < -0.3 is 5.32 Å². The lowest BCUT2D eigenvalue weighted by atomic mass is 9.99. The molecule has 88 valence electrons. The smallest absolute Gasteiger partial charge is 0.0108 e. The van der Waals surface area contributed by atoms with Crippen LogP contribution in [0.2, 0.25) is 0 Å². The maximum Gasteiger partial charge on any atom is 0.0108 e. The van der Waals surface area contributed by atoms with E-state index in [0.717, 1.165) is 24.4 Å². The average Bonchev–Trinajstić information content (AvgIpc) is 2.93. The summed E-state index contributed by atoms with van der Waals surface area (Å²) in [6.45, 7) is 13.1. The van der Waals surface area contributed by atoms with Gasteiger partial charge in [-0.25, -0.2) is 0 Å². The van der Waals surface area contributed by atoms with Crippen LogP contribution in [-0.4, -0.2) is 12.6 Å². The lowest BCUT2D eigenvalue weighted by Gasteiger charge is -2.20. The number of nitrogens with one attached hydrogen (secondary N) is 1. The van der Waals surface area contributed by atoms with Crippen LogP contribution in [0.5, 0.6) is 0 Å². The van der Waals surface area contributed by atoms with Gasteiger partial charge in [-0.05, 0) is 35.6 Å². The van der Waals surface area contributed by atoms with E-state index in [1.54, 1.807) is 0 Å². The van der Waals surface area contributed by atoms with Gasteiger partial charge in [0.15, 0.2) is 0 Å². The molecule has 2 saturated carbocycles. The molecule has 0 bridgehead atoms. The van der Waals surface area contributed by atoms with E-state index in [1.165, 1.54) is 19.3 Å². The summed E-state index contributed by atoms with van der Waals surface area (Å²) in [4.78, 5) is 0. The number of rotatable bonds is 5. The van der Waals surface area contributed by atoms with Gasteiger partial charge in [-0.15, -0.1) is 0 Å². The topological polar surface area (TPSA) is 12.0 Å². The molecule has 0 aliphatic heterocycles. The van der Waals surface area contributed by atoms with E-state index in [1.807, 2.05) is 0 Å². The summed E-state index contributed by atoms with van der Waals surface area (Å²) in [6.07, 6.45) is 4.39. The van der Waals surface area contributed by atoms with E-state index in [-0.39, 0.29) is 0 Å². The Morgan fingerprint density at radius 3 is 2.00 bits per heavy atom. The molecule has 0 aromatic rings. The molecule has 0 saturated heterocycles. The van der Waals surface area contributed by atoms with Gasteiger partial charge in [0, 0.05) is 6.04 Å². The van der Waals surface area contributed by atoms with Crippen LogP contribution >= 0.6 is 0 Å². The molecule has 0 radical (unpaired) electrons. The van der Waals surface area contributed by atoms with Crippen molar-refractivity contribution in [2.45, 2.75) is 59.9 Å². The minimum absolute atomic E-state index is 0.536. The fraction of sp³-hybridized carbons (Fsp3) is 1.00. The van der Waals surface area contributed by atoms with E-state index in [0.29, 0.717) is 10.8 Å². The Balaban J connectivity index is 1.99. The highest BCUT2D eigenvalue weighted by molar-refractivity contribution is 5.16. The Kier molecular flexibility index (Phi) is 2.65. The first kappa shape index (κ1) is 11.4. The molecule has 1 nitrogen and oxygen atoms in total. The summed E-state index contributed by atoms with van der Waals surface area (Å²) in [7, 11) is 0. The maximum absolute atomic E-state index is 3.73. The molecule has 0 amide bonds. The van der Waals surface area contributed by atoms with Gasteiger partial charge in [-0.2, -0.15) is 0 Å². The van der Waals surface area contributed by atoms with Crippen molar-refractivity contribution >= 4 is 0 Å². The van der Waals surface area contributed by atoms with Gasteiger partial charge in [-0.3, -0.25) is 0 Å². The molecule has 2 fully saturated rings. The monoisotopic (exact) mass is 209 g/mol. The number of hydrogen-bond acceptors (Lipinski definition) is 1. The Hall–Kier alpha value is -0.0400. The largest absolute Gasteiger partial charge is 0.314 e. The third-order valence-corrected chi connectivity index (χ3v) is 5.29. The van der Waals surface area contributed by atoms with Crippen molar-refractivity contribution in [2.75, 3.05) is 6.54 Å². The predicted molar refractivity (Wildman–Crippen MR) is 65.9 cm³/mol. The fourth-order valence-corrected chi connectivity index (χ4v) is 3.57. The van der Waals surface area contributed by atoms with E-state index in [2.05, 4.69) is 39.9 Å². The summed E-state index contributed by atoms with van der Waals surface area (Å²) >= 11 is 0. The molecular formula is C14H27N. The van der Waals surface area contributed by atoms with E-state index in [9.17, 15) is 0 Å². The summed E-state index contributed by atoms with van der Waals surface area (Å²) in [5.74, 6) is 1.92. The second-order valence-corrected chi connectivity index (χ2v) is 6.76. The van der Waals surface area contributed by atoms with Crippen LogP contribution in [0.1, 0.15) is 53.9 Å². The summed E-state index contributed by atoms with van der Waals surface area (Å²) < 4.78 is 0. The van der Waals surface area contributed by atoms with Crippen molar-refractivity contribution in [1.29, 1.82) is 0 Å². The van der Waals surface area contributed by atoms with Crippen molar-refractivity contribution in [2.24, 2.45) is 22.7 Å². The third-order valence-electron chi connectivity index (χ3n) is 5.29. The second kappa shape index (κ2) is 3.48. The van der Waals surface area contributed by atoms with Crippen molar-refractivity contribution < 1.29 is 0 Å². The van der Waals surface area contributed by atoms with Crippen molar-refractivity contribution in [1.82, 2.24) is 5.32 Å². The van der Waals surface area contributed by atoms with Crippen LogP contribution in [-0.2, 0) is 0 Å². The highest BCUT2D eigenvalue weighted by Crippen LogP contribution is 2.70. The summed E-state index contributed by atoms with van der Waals surface area (Å²) in [6, 6.07) is 0.771. The van der Waals surface area contributed by atoms with Gasteiger partial charge in [0.1, 0.15) is 0 Å². The van der Waals surface area contributed by atoms with Crippen LogP contribution in [0, 0.1) is 22.7 Å². The van der Waals surface area contributed by atoms with E-state index in [4.69, 9.17) is 0 Å². The van der Waals surface area contributed by atoms with Crippen LogP contribution in [0.25, 0.3) is 0 Å². The molecule has 1 unspecified atom stereocenters. The van der Waals surface area contributed by atoms with E-state index >= 15 is 0 Å². The van der Waals surface area contributed by atoms with Crippen molar-refractivity contribution in [3.05, 3.63) is 0 Å². The predicted octanol–water partition coefficient (Wildman–Crippen LogP) is 3.45. The Morgan fingerprint density at radius 1 is 1.13 bits per heavy atom. The van der Waals surface area contributed by atoms with Crippen molar-refractivity contribution in [3.8, 4) is 0 Å². The molecular weight excluding hydrogens is 182 g/mol. The first-order valence-corrected chi connectivity index (χ1v) is 6.64. The molecule has 0 heterocycles. The zero-order valence-corrected chi connectivity index (χ0v) is 11.1. The van der Waals surface area contributed by atoms with E-state index < -0.39 is 0 Å². The minimum Gasteiger partial charge on any atom is -0.314 e. The molecule has 0 aromatic carbocycles. The second-order valence-electron chi connectivity index (χ2n) is 6.76. The zero-order chi connectivity index (χ0) is 11.3. The third kappa shape index (κ3) is 1.84. The fourth-order valence-electron chi connectivity index (χ4n) is 3.57. The van der Waals surface area contributed by atoms with Crippen LogP contribution in [0.15, 0.2) is 0 Å². The molecule has 2 aliphatic rings. The molecule has 1 atom stereocenters. The number of hydrogen-bond donors (Lipinski definition) is 1. The van der Waals surface area contributed by atoms with Crippen LogP contribution in [0.3, 0.4) is 0 Å². The molecule has 0 spiro atoms. The normalized spacial score (nSPS) is 30.2. The first-order chi connectivity index (χ1) is 6.91. The van der Waals surface area contributed by atoms with Crippen LogP contribution in [0.4, 0.5) is 0 Å². The van der Waals surface area contributed by atoms with Gasteiger partial charge in [0.25, 0.3) is 0 Å². The van der Waals surface area contributed by atoms with Crippen molar-refractivity contribution in [3.63, 3.8) is 0 Å². The zero-order valence-electron chi connectivity index (χ0n) is 11.1. The molecule has 1 heteroatoms. The lowest BCUT2D eigenvalue weighted by Crippen LogP contribution is -2.33. The summed E-state index contributed by atoms with van der Waals surface area (Å²) in [5, 5.41) is 3.73. The quantitative estimate of drug-likeness (QED) is 0.731. The molecule has 15 heavy (non-hydrogen) atoms. The van der Waals surface area contributed by atoms with Crippen LogP contribution < -0.4 is 5.32 Å². The van der Waals surface area contributed by atoms with Gasteiger partial charge in [0.2, 0.25) is 0 Å². The average molecular weight is 209 g/mol. The van der Waals surface area contributed by atoms with Gasteiger partial charge in [-0.1, -0.05) is 47.5 Å². The minimum atomic E-state index is 0.536. The molecule has 2 rings (SSSR count). The standard InChI is InChI=1S/C14H27N/c1-6-15-11(9-10-7-8-10)12-13(2,3)14(12,4)5/h10-12,15H,6-9H2,1-5H3. The Bertz CT molecular complexity index is 224. The highest BCUT2D eigenvalue weighted by Gasteiger charge is 2.66. The highest BCUT2D eigenvalue weighted by atomic mass is 15.0. The Labute approximate surface area is 95.0 Å².